The summed E-state index contributed by atoms with van der Waals surface area (Å²) in [4.78, 5) is 6.49. The summed E-state index contributed by atoms with van der Waals surface area (Å²) in [5.74, 6) is 0. The SMILES string of the molecule is CC(N)c1cc(Cl)c2cccnc2c1N1CCC(F)C1. The summed E-state index contributed by atoms with van der Waals surface area (Å²) < 4.78 is 13.6. The van der Waals surface area contributed by atoms with E-state index in [0.29, 0.717) is 24.5 Å². The molecule has 2 aromatic rings. The molecule has 0 amide bonds. The molecule has 0 aliphatic carbocycles. The van der Waals surface area contributed by atoms with Crippen LogP contribution in [-0.2, 0) is 0 Å². The fraction of sp³-hybridized carbons (Fsp3) is 0.400. The summed E-state index contributed by atoms with van der Waals surface area (Å²) >= 11 is 6.33. The number of fused-ring (bicyclic) bond motifs is 1. The van der Waals surface area contributed by atoms with Crippen molar-refractivity contribution in [3.8, 4) is 0 Å². The van der Waals surface area contributed by atoms with E-state index < -0.39 is 6.17 Å². The van der Waals surface area contributed by atoms with Crippen LogP contribution in [0.3, 0.4) is 0 Å². The molecular weight excluding hydrogens is 277 g/mol. The van der Waals surface area contributed by atoms with Crippen molar-refractivity contribution in [2.24, 2.45) is 5.73 Å². The third-order valence-corrected chi connectivity index (χ3v) is 4.10. The zero-order valence-electron chi connectivity index (χ0n) is 11.3. The molecule has 2 heterocycles. The number of anilines is 1. The summed E-state index contributed by atoms with van der Waals surface area (Å²) in [5, 5.41) is 1.52. The van der Waals surface area contributed by atoms with Gasteiger partial charge in [-0.1, -0.05) is 11.6 Å². The molecule has 1 saturated heterocycles. The van der Waals surface area contributed by atoms with Gasteiger partial charge in [0, 0.05) is 30.7 Å². The lowest BCUT2D eigenvalue weighted by Gasteiger charge is -2.25. The standard InChI is InChI=1S/C15H17ClFN3/c1-9(18)12-7-13(16)11-3-2-5-19-14(11)15(12)20-6-4-10(17)8-20/h2-3,5,7,9-10H,4,6,8,18H2,1H3. The molecule has 106 valence electrons. The second-order valence-corrected chi connectivity index (χ2v) is 5.72. The van der Waals surface area contributed by atoms with Gasteiger partial charge in [-0.3, -0.25) is 4.98 Å². The zero-order chi connectivity index (χ0) is 14.3. The van der Waals surface area contributed by atoms with Crippen LogP contribution in [0, 0.1) is 0 Å². The van der Waals surface area contributed by atoms with Gasteiger partial charge in [0.05, 0.1) is 16.2 Å². The van der Waals surface area contributed by atoms with E-state index >= 15 is 0 Å². The monoisotopic (exact) mass is 293 g/mol. The van der Waals surface area contributed by atoms with Crippen molar-refractivity contribution in [1.82, 2.24) is 4.98 Å². The van der Waals surface area contributed by atoms with E-state index in [1.54, 1.807) is 6.20 Å². The maximum atomic E-state index is 13.6. The molecule has 1 aromatic carbocycles. The van der Waals surface area contributed by atoms with Crippen LogP contribution in [0.5, 0.6) is 0 Å². The Hall–Kier alpha value is -1.39. The first-order valence-electron chi connectivity index (χ1n) is 6.79. The number of aromatic nitrogens is 1. The third kappa shape index (κ3) is 2.23. The van der Waals surface area contributed by atoms with Crippen molar-refractivity contribution in [3.05, 3.63) is 35.0 Å². The molecule has 1 aliphatic rings. The first-order valence-corrected chi connectivity index (χ1v) is 7.17. The number of pyridine rings is 1. The highest BCUT2D eigenvalue weighted by Crippen LogP contribution is 2.38. The topological polar surface area (TPSA) is 42.1 Å². The van der Waals surface area contributed by atoms with Crippen LogP contribution in [-0.4, -0.2) is 24.2 Å². The second-order valence-electron chi connectivity index (χ2n) is 5.32. The summed E-state index contributed by atoms with van der Waals surface area (Å²) in [6, 6.07) is 5.50. The largest absolute Gasteiger partial charge is 0.366 e. The molecule has 1 aliphatic heterocycles. The Balaban J connectivity index is 2.26. The molecule has 2 unspecified atom stereocenters. The Bertz CT molecular complexity index is 644. The zero-order valence-corrected chi connectivity index (χ0v) is 12.1. The first kappa shape index (κ1) is 13.6. The summed E-state index contributed by atoms with van der Waals surface area (Å²) in [6.45, 7) is 2.99. The van der Waals surface area contributed by atoms with Crippen molar-refractivity contribution < 1.29 is 4.39 Å². The van der Waals surface area contributed by atoms with Gasteiger partial charge in [-0.05, 0) is 37.1 Å². The Labute approximate surface area is 122 Å². The molecule has 1 aromatic heterocycles. The summed E-state index contributed by atoms with van der Waals surface area (Å²) in [5.41, 5.74) is 8.73. The van der Waals surface area contributed by atoms with E-state index in [0.717, 1.165) is 22.2 Å². The molecule has 3 nitrogen and oxygen atoms in total. The van der Waals surface area contributed by atoms with Crippen molar-refractivity contribution in [2.75, 3.05) is 18.0 Å². The number of hydrogen-bond acceptors (Lipinski definition) is 3. The average Bonchev–Trinajstić information content (AvgIpc) is 2.85. The molecule has 2 atom stereocenters. The number of alkyl halides is 1. The van der Waals surface area contributed by atoms with Crippen LogP contribution in [0.2, 0.25) is 5.02 Å². The Morgan fingerprint density at radius 2 is 2.35 bits per heavy atom. The molecule has 20 heavy (non-hydrogen) atoms. The number of hydrogen-bond donors (Lipinski definition) is 1. The lowest BCUT2D eigenvalue weighted by molar-refractivity contribution is 0.364. The molecule has 0 bridgehead atoms. The van der Waals surface area contributed by atoms with Gasteiger partial charge in [-0.2, -0.15) is 0 Å². The minimum Gasteiger partial charge on any atom is -0.366 e. The first-order chi connectivity index (χ1) is 9.58. The van der Waals surface area contributed by atoms with Gasteiger partial charge in [0.25, 0.3) is 0 Å². The van der Waals surface area contributed by atoms with Crippen molar-refractivity contribution in [1.29, 1.82) is 0 Å². The molecule has 0 spiro atoms. The number of halogens is 2. The van der Waals surface area contributed by atoms with Crippen LogP contribution in [0.1, 0.15) is 24.9 Å². The Kier molecular flexibility index (Phi) is 3.52. The molecule has 0 radical (unpaired) electrons. The van der Waals surface area contributed by atoms with Gasteiger partial charge < -0.3 is 10.6 Å². The maximum Gasteiger partial charge on any atom is 0.119 e. The lowest BCUT2D eigenvalue weighted by atomic mass is 10.0. The van der Waals surface area contributed by atoms with E-state index in [-0.39, 0.29) is 6.04 Å². The molecule has 1 fully saturated rings. The van der Waals surface area contributed by atoms with Gasteiger partial charge >= 0.3 is 0 Å². The molecule has 2 N–H and O–H groups in total. The van der Waals surface area contributed by atoms with Crippen LogP contribution in [0.15, 0.2) is 24.4 Å². The molecule has 0 saturated carbocycles. The van der Waals surface area contributed by atoms with Crippen LogP contribution < -0.4 is 10.6 Å². The normalized spacial score (nSPS) is 20.6. The Morgan fingerprint density at radius 1 is 1.55 bits per heavy atom. The van der Waals surface area contributed by atoms with E-state index in [2.05, 4.69) is 4.98 Å². The average molecular weight is 294 g/mol. The quantitative estimate of drug-likeness (QED) is 0.922. The van der Waals surface area contributed by atoms with Gasteiger partial charge in [-0.15, -0.1) is 0 Å². The van der Waals surface area contributed by atoms with Crippen LogP contribution >= 0.6 is 11.6 Å². The van der Waals surface area contributed by atoms with Crippen molar-refractivity contribution in [2.45, 2.75) is 25.6 Å². The van der Waals surface area contributed by atoms with E-state index in [4.69, 9.17) is 17.3 Å². The summed E-state index contributed by atoms with van der Waals surface area (Å²) in [6.07, 6.45) is 1.50. The number of rotatable bonds is 2. The van der Waals surface area contributed by atoms with Gasteiger partial charge in [0.2, 0.25) is 0 Å². The highest BCUT2D eigenvalue weighted by Gasteiger charge is 2.27. The van der Waals surface area contributed by atoms with Crippen molar-refractivity contribution >= 4 is 28.2 Å². The van der Waals surface area contributed by atoms with Crippen LogP contribution in [0.4, 0.5) is 10.1 Å². The van der Waals surface area contributed by atoms with E-state index in [1.807, 2.05) is 30.0 Å². The third-order valence-electron chi connectivity index (χ3n) is 3.78. The highest BCUT2D eigenvalue weighted by atomic mass is 35.5. The predicted octanol–water partition coefficient (Wildman–Crippen LogP) is 3.46. The van der Waals surface area contributed by atoms with Gasteiger partial charge in [-0.25, -0.2) is 4.39 Å². The summed E-state index contributed by atoms with van der Waals surface area (Å²) in [7, 11) is 0. The number of nitrogens with two attached hydrogens (primary N) is 1. The van der Waals surface area contributed by atoms with Gasteiger partial charge in [0.15, 0.2) is 0 Å². The minimum atomic E-state index is -0.787. The van der Waals surface area contributed by atoms with Crippen LogP contribution in [0.25, 0.3) is 10.9 Å². The lowest BCUT2D eigenvalue weighted by Crippen LogP contribution is -2.23. The van der Waals surface area contributed by atoms with E-state index in [9.17, 15) is 4.39 Å². The molecule has 5 heteroatoms. The minimum absolute atomic E-state index is 0.174. The number of nitrogens with zero attached hydrogens (tertiary/aromatic N) is 2. The van der Waals surface area contributed by atoms with E-state index in [1.165, 1.54) is 0 Å². The Morgan fingerprint density at radius 3 is 3.00 bits per heavy atom. The second kappa shape index (κ2) is 5.19. The highest BCUT2D eigenvalue weighted by molar-refractivity contribution is 6.36. The molecular formula is C15H17ClFN3. The predicted molar refractivity (Wildman–Crippen MR) is 81.1 cm³/mol. The fourth-order valence-corrected chi connectivity index (χ4v) is 3.08. The molecule has 3 rings (SSSR count). The van der Waals surface area contributed by atoms with Crippen molar-refractivity contribution in [3.63, 3.8) is 0 Å². The maximum absolute atomic E-state index is 13.6. The fourth-order valence-electron chi connectivity index (χ4n) is 2.81. The number of benzene rings is 1. The van der Waals surface area contributed by atoms with Gasteiger partial charge in [0.1, 0.15) is 6.17 Å². The smallest absolute Gasteiger partial charge is 0.119 e.